The zero-order chi connectivity index (χ0) is 17.0. The second-order valence-corrected chi connectivity index (χ2v) is 7.77. The molecule has 3 N–H and O–H groups in total. The monoisotopic (exact) mass is 339 g/mol. The summed E-state index contributed by atoms with van der Waals surface area (Å²) < 4.78 is 0. The maximum Gasteiger partial charge on any atom is 0.226 e. The van der Waals surface area contributed by atoms with E-state index in [2.05, 4.69) is 39.5 Å². The summed E-state index contributed by atoms with van der Waals surface area (Å²) in [5.74, 6) is 0.0453. The van der Waals surface area contributed by atoms with Gasteiger partial charge >= 0.3 is 0 Å². The van der Waals surface area contributed by atoms with Gasteiger partial charge in [0.05, 0.1) is 12.0 Å². The first-order chi connectivity index (χ1) is 12.2. The molecule has 1 aromatic carbocycles. The van der Waals surface area contributed by atoms with E-state index in [1.54, 1.807) is 0 Å². The Labute approximate surface area is 147 Å². The number of piperidine rings is 2. The van der Waals surface area contributed by atoms with Crippen molar-refractivity contribution in [1.29, 1.82) is 0 Å². The lowest BCUT2D eigenvalue weighted by Crippen LogP contribution is -2.55. The number of carbonyl (C=O) groups excluding carboxylic acids is 1. The highest BCUT2D eigenvalue weighted by Gasteiger charge is 2.43. The summed E-state index contributed by atoms with van der Waals surface area (Å²) in [6, 6.07) is 9.28. The Kier molecular flexibility index (Phi) is 3.61. The Morgan fingerprint density at radius 3 is 2.88 bits per heavy atom. The van der Waals surface area contributed by atoms with E-state index in [1.807, 2.05) is 0 Å². The van der Waals surface area contributed by atoms with Gasteiger partial charge in [-0.15, -0.1) is 0 Å². The number of aliphatic hydroxyl groups is 1. The normalized spacial score (nSPS) is 32.9. The molecule has 25 heavy (non-hydrogen) atoms. The Morgan fingerprint density at radius 2 is 2.00 bits per heavy atom. The SMILES string of the molecule is O=C1NC(O)CC[C@@H]1[C@@H]1CCC[C@@H]2c3[nH]c4ccccc4c3CCN21. The third kappa shape index (κ3) is 2.41. The van der Waals surface area contributed by atoms with E-state index in [-0.39, 0.29) is 11.8 Å². The Bertz CT molecular complexity index is 814. The van der Waals surface area contributed by atoms with Crippen molar-refractivity contribution in [2.45, 2.75) is 56.8 Å². The summed E-state index contributed by atoms with van der Waals surface area (Å²) in [6.07, 6.45) is 5.25. The molecular weight excluding hydrogens is 314 g/mol. The summed E-state index contributed by atoms with van der Waals surface area (Å²) in [5, 5.41) is 13.8. The maximum atomic E-state index is 12.5. The number of hydrogen-bond acceptors (Lipinski definition) is 3. The van der Waals surface area contributed by atoms with Gasteiger partial charge in [0.2, 0.25) is 5.91 Å². The number of para-hydroxylation sites is 1. The molecule has 0 bridgehead atoms. The molecule has 5 rings (SSSR count). The number of aromatic amines is 1. The number of fused-ring (bicyclic) bond motifs is 5. The summed E-state index contributed by atoms with van der Waals surface area (Å²) >= 11 is 0. The molecule has 2 aromatic rings. The highest BCUT2D eigenvalue weighted by Crippen LogP contribution is 2.44. The topological polar surface area (TPSA) is 68.4 Å². The van der Waals surface area contributed by atoms with Crippen molar-refractivity contribution in [3.05, 3.63) is 35.5 Å². The van der Waals surface area contributed by atoms with Crippen molar-refractivity contribution >= 4 is 16.8 Å². The molecule has 4 heterocycles. The number of H-pyrrole nitrogens is 1. The van der Waals surface area contributed by atoms with Crippen molar-refractivity contribution in [3.63, 3.8) is 0 Å². The first-order valence-corrected chi connectivity index (χ1v) is 9.56. The molecule has 2 fully saturated rings. The molecule has 132 valence electrons. The minimum atomic E-state index is -0.662. The molecule has 3 aliphatic rings. The molecule has 4 atom stereocenters. The highest BCUT2D eigenvalue weighted by molar-refractivity contribution is 5.85. The Morgan fingerprint density at radius 1 is 1.12 bits per heavy atom. The minimum Gasteiger partial charge on any atom is -0.374 e. The van der Waals surface area contributed by atoms with Gasteiger partial charge in [-0.1, -0.05) is 18.2 Å². The van der Waals surface area contributed by atoms with Crippen LogP contribution in [0.5, 0.6) is 0 Å². The van der Waals surface area contributed by atoms with Crippen LogP contribution in [0.25, 0.3) is 10.9 Å². The van der Waals surface area contributed by atoms with Crippen LogP contribution in [0.4, 0.5) is 0 Å². The van der Waals surface area contributed by atoms with Gasteiger partial charge in [-0.3, -0.25) is 9.69 Å². The van der Waals surface area contributed by atoms with E-state index in [4.69, 9.17) is 0 Å². The number of hydrogen-bond donors (Lipinski definition) is 3. The molecule has 0 aliphatic carbocycles. The van der Waals surface area contributed by atoms with Gasteiger partial charge in [-0.05, 0) is 50.2 Å². The van der Waals surface area contributed by atoms with Gasteiger partial charge in [0.15, 0.2) is 0 Å². The van der Waals surface area contributed by atoms with Gasteiger partial charge in [0.1, 0.15) is 6.23 Å². The van der Waals surface area contributed by atoms with Crippen molar-refractivity contribution in [2.75, 3.05) is 6.54 Å². The molecule has 1 amide bonds. The van der Waals surface area contributed by atoms with E-state index in [9.17, 15) is 9.90 Å². The number of aromatic nitrogens is 1. The first kappa shape index (κ1) is 15.4. The highest BCUT2D eigenvalue weighted by atomic mass is 16.3. The fraction of sp³-hybridized carbons (Fsp3) is 0.550. The molecule has 0 saturated carbocycles. The van der Waals surface area contributed by atoms with E-state index >= 15 is 0 Å². The van der Waals surface area contributed by atoms with Crippen molar-refractivity contribution in [2.24, 2.45) is 5.92 Å². The van der Waals surface area contributed by atoms with Crippen LogP contribution in [0.1, 0.15) is 49.4 Å². The Hall–Kier alpha value is -1.85. The number of rotatable bonds is 1. The summed E-state index contributed by atoms with van der Waals surface area (Å²) in [7, 11) is 0. The zero-order valence-electron chi connectivity index (χ0n) is 14.4. The summed E-state index contributed by atoms with van der Waals surface area (Å²) in [4.78, 5) is 18.7. The molecule has 5 nitrogen and oxygen atoms in total. The van der Waals surface area contributed by atoms with Crippen LogP contribution in [0.15, 0.2) is 24.3 Å². The first-order valence-electron chi connectivity index (χ1n) is 9.56. The number of amides is 1. The van der Waals surface area contributed by atoms with Crippen LogP contribution in [-0.4, -0.2) is 39.7 Å². The van der Waals surface area contributed by atoms with Crippen LogP contribution in [0.2, 0.25) is 0 Å². The number of carbonyl (C=O) groups is 1. The fourth-order valence-electron chi connectivity index (χ4n) is 5.34. The van der Waals surface area contributed by atoms with E-state index in [0.717, 1.165) is 38.6 Å². The van der Waals surface area contributed by atoms with E-state index in [0.29, 0.717) is 18.5 Å². The largest absolute Gasteiger partial charge is 0.374 e. The van der Waals surface area contributed by atoms with E-state index in [1.165, 1.54) is 22.2 Å². The van der Waals surface area contributed by atoms with Gasteiger partial charge in [-0.25, -0.2) is 0 Å². The second kappa shape index (κ2) is 5.85. The summed E-state index contributed by atoms with van der Waals surface area (Å²) in [5.41, 5.74) is 4.07. The van der Waals surface area contributed by atoms with Gasteiger partial charge in [0, 0.05) is 29.2 Å². The van der Waals surface area contributed by atoms with Crippen molar-refractivity contribution in [3.8, 4) is 0 Å². The van der Waals surface area contributed by atoms with Crippen molar-refractivity contribution in [1.82, 2.24) is 15.2 Å². The summed E-state index contributed by atoms with van der Waals surface area (Å²) in [6.45, 7) is 1.02. The lowest BCUT2D eigenvalue weighted by molar-refractivity contribution is -0.136. The quantitative estimate of drug-likeness (QED) is 0.748. The lowest BCUT2D eigenvalue weighted by atomic mass is 9.79. The third-order valence-electron chi connectivity index (χ3n) is 6.46. The van der Waals surface area contributed by atoms with Gasteiger partial charge in [0.25, 0.3) is 0 Å². The molecule has 5 heteroatoms. The molecule has 3 aliphatic heterocycles. The van der Waals surface area contributed by atoms with Gasteiger partial charge < -0.3 is 15.4 Å². The smallest absolute Gasteiger partial charge is 0.226 e. The molecule has 1 unspecified atom stereocenters. The molecular formula is C20H25N3O2. The molecule has 0 spiro atoms. The molecule has 2 saturated heterocycles. The van der Waals surface area contributed by atoms with Crippen LogP contribution < -0.4 is 5.32 Å². The second-order valence-electron chi connectivity index (χ2n) is 7.77. The number of benzene rings is 1. The van der Waals surface area contributed by atoms with Crippen LogP contribution in [0, 0.1) is 5.92 Å². The zero-order valence-corrected chi connectivity index (χ0v) is 14.4. The van der Waals surface area contributed by atoms with Crippen LogP contribution >= 0.6 is 0 Å². The standard InChI is InChI=1S/C20H25N3O2/c24-18-9-8-14(20(25)22-18)16-6-3-7-17-19-13(10-11-23(16)17)12-4-1-2-5-15(12)21-19/h1-2,4-5,14,16-18,21,24H,3,6-11H2,(H,22,25)/t14-,16+,17-,18?/m1/s1. The van der Waals surface area contributed by atoms with Crippen LogP contribution in [-0.2, 0) is 11.2 Å². The van der Waals surface area contributed by atoms with Crippen LogP contribution in [0.3, 0.4) is 0 Å². The average molecular weight is 339 g/mol. The van der Waals surface area contributed by atoms with Crippen molar-refractivity contribution < 1.29 is 9.90 Å². The maximum absolute atomic E-state index is 12.5. The number of nitrogens with zero attached hydrogens (tertiary/aromatic N) is 1. The molecule has 1 aromatic heterocycles. The minimum absolute atomic E-state index is 0.0112. The van der Waals surface area contributed by atoms with Gasteiger partial charge in [-0.2, -0.15) is 0 Å². The van der Waals surface area contributed by atoms with E-state index < -0.39 is 6.23 Å². The predicted octanol–water partition coefficient (Wildman–Crippen LogP) is 2.46. The predicted molar refractivity (Wildman–Crippen MR) is 96.0 cm³/mol. The lowest BCUT2D eigenvalue weighted by Gasteiger charge is -2.48. The Balaban J connectivity index is 1.48. The molecule has 0 radical (unpaired) electrons. The average Bonchev–Trinajstić information content (AvgIpc) is 3.00. The number of nitrogens with one attached hydrogen (secondary N) is 2. The number of aliphatic hydroxyl groups excluding tert-OH is 1. The fourth-order valence-corrected chi connectivity index (χ4v) is 5.34. The third-order valence-corrected chi connectivity index (χ3v) is 6.46.